The number of esters is 5. The first-order valence-electron chi connectivity index (χ1n) is 18.5. The normalized spacial score (nSPS) is 10.8. The lowest BCUT2D eigenvalue weighted by atomic mass is 9.97. The summed E-state index contributed by atoms with van der Waals surface area (Å²) in [7, 11) is 2.96. The molecule has 0 aliphatic rings. The molecule has 0 aromatic carbocycles. The van der Waals surface area contributed by atoms with Gasteiger partial charge in [-0.2, -0.15) is 0 Å². The van der Waals surface area contributed by atoms with E-state index in [9.17, 15) is 24.0 Å². The first-order chi connectivity index (χ1) is 23.4. The van der Waals surface area contributed by atoms with Crippen molar-refractivity contribution < 1.29 is 57.1 Å². The topological polar surface area (TPSA) is 150 Å². The van der Waals surface area contributed by atoms with Crippen LogP contribution in [0.2, 0.25) is 0 Å². The zero-order chi connectivity index (χ0) is 43.5. The van der Waals surface area contributed by atoms with E-state index in [1.54, 1.807) is 27.9 Å². The van der Waals surface area contributed by atoms with Crippen molar-refractivity contribution in [1.29, 1.82) is 0 Å². The van der Waals surface area contributed by atoms with Gasteiger partial charge in [0.1, 0.15) is 16.8 Å². The summed E-state index contributed by atoms with van der Waals surface area (Å²) < 4.78 is 34.8. The lowest BCUT2D eigenvalue weighted by Crippen LogP contribution is -2.31. The smallest absolute Gasteiger partial charge is 0.311 e. The second-order valence-electron chi connectivity index (χ2n) is 18.0. The van der Waals surface area contributed by atoms with Gasteiger partial charge in [-0.05, 0) is 137 Å². The Morgan fingerprint density at radius 3 is 0.965 bits per heavy atom. The van der Waals surface area contributed by atoms with E-state index in [0.717, 1.165) is 12.8 Å². The van der Waals surface area contributed by atoms with E-state index in [1.807, 2.05) is 76.2 Å². The number of carbonyl (C=O) groups excluding carboxylic acids is 5. The minimum Gasteiger partial charge on any atom is -0.469 e. The highest BCUT2D eigenvalue weighted by molar-refractivity contribution is 5.78. The Morgan fingerprint density at radius 2 is 0.754 bits per heavy atom. The largest absolute Gasteiger partial charge is 0.469 e. The number of methoxy groups -OCH3 is 2. The summed E-state index contributed by atoms with van der Waals surface area (Å²) in [5.74, 6) is -1.19. The van der Waals surface area contributed by atoms with Crippen LogP contribution in [0.3, 0.4) is 0 Å². The Morgan fingerprint density at radius 1 is 0.404 bits per heavy atom. The van der Waals surface area contributed by atoms with Crippen molar-refractivity contribution in [2.45, 2.75) is 235 Å². The van der Waals surface area contributed by atoms with Gasteiger partial charge in [0.15, 0.2) is 0 Å². The van der Waals surface area contributed by atoms with E-state index in [0.29, 0.717) is 26.1 Å². The molecule has 0 atom stereocenters. The van der Waals surface area contributed by atoms with Gasteiger partial charge < -0.3 is 33.2 Å². The molecule has 0 aromatic rings. The molecule has 0 heterocycles. The van der Waals surface area contributed by atoms with Crippen LogP contribution in [0.4, 0.5) is 0 Å². The third kappa shape index (κ3) is 78.4. The predicted molar refractivity (Wildman–Crippen MR) is 238 cm³/mol. The van der Waals surface area contributed by atoms with E-state index in [2.05, 4.69) is 46.3 Å². The summed E-state index contributed by atoms with van der Waals surface area (Å²) in [6, 6.07) is 0. The molecule has 0 aliphatic heterocycles. The summed E-state index contributed by atoms with van der Waals surface area (Å²) in [4.78, 5) is 54.6. The van der Waals surface area contributed by atoms with Crippen LogP contribution < -0.4 is 0 Å². The van der Waals surface area contributed by atoms with Crippen molar-refractivity contribution in [3.05, 3.63) is 0 Å². The van der Waals surface area contributed by atoms with Crippen molar-refractivity contribution in [3.8, 4) is 0 Å². The van der Waals surface area contributed by atoms with Gasteiger partial charge in [-0.1, -0.05) is 43.6 Å². The maximum Gasteiger partial charge on any atom is 0.311 e. The van der Waals surface area contributed by atoms with Crippen molar-refractivity contribution in [2.24, 2.45) is 5.41 Å². The molecule has 0 aliphatic carbocycles. The zero-order valence-corrected chi connectivity index (χ0v) is 38.1. The number of ether oxygens (including phenoxy) is 7. The first-order valence-corrected chi connectivity index (χ1v) is 18.5. The number of rotatable bonds is 10. The molecule has 0 radical (unpaired) electrons. The summed E-state index contributed by atoms with van der Waals surface area (Å²) in [5.41, 5.74) is -1.68. The van der Waals surface area contributed by atoms with E-state index in [-0.39, 0.29) is 94.8 Å². The fourth-order valence-electron chi connectivity index (χ4n) is 3.12. The third-order valence-corrected chi connectivity index (χ3v) is 4.66. The molecule has 0 unspecified atom stereocenters. The van der Waals surface area contributed by atoms with Gasteiger partial charge in [0, 0.05) is 13.5 Å². The minimum absolute atomic E-state index is 0. The molecule has 0 aromatic heterocycles. The minimum atomic E-state index is -0.496. The van der Waals surface area contributed by atoms with E-state index in [1.165, 1.54) is 7.11 Å². The summed E-state index contributed by atoms with van der Waals surface area (Å²) in [6.07, 6.45) is 2.70. The molecule has 350 valence electrons. The van der Waals surface area contributed by atoms with Gasteiger partial charge in [0.05, 0.1) is 56.2 Å². The molecular formula is C45H98O12. The van der Waals surface area contributed by atoms with Crippen LogP contribution >= 0.6 is 0 Å². The standard InChI is InChI=1S/C11H20O4.C9H18O2.C8H16O3.C8H18O.C5H10O2.4CH4/c1-5-8-14-9(12)6-7-10(13)15-11(2,3)4;1-8(2,3)7(10)11-9(4,5)6;1-8(2,3)11-7(9)5-6-10-4;1-7(2,3)9-8(4,5)6;1-3-4-5(6)7-2;;;;/h5-8H2,1-4H3;1-6H3;5-6H2,1-4H3;1-6H3;3-4H2,1-2H3;4*1H4. The van der Waals surface area contributed by atoms with E-state index in [4.69, 9.17) is 28.4 Å². The van der Waals surface area contributed by atoms with Crippen LogP contribution in [0.15, 0.2) is 0 Å². The van der Waals surface area contributed by atoms with Gasteiger partial charge in [-0.15, -0.1) is 0 Å². The monoisotopic (exact) mass is 831 g/mol. The summed E-state index contributed by atoms with van der Waals surface area (Å²) in [6.45, 7) is 39.2. The van der Waals surface area contributed by atoms with Crippen LogP contribution in [0.25, 0.3) is 0 Å². The van der Waals surface area contributed by atoms with Crippen LogP contribution in [0.5, 0.6) is 0 Å². The van der Waals surface area contributed by atoms with E-state index < -0.39 is 11.0 Å². The summed E-state index contributed by atoms with van der Waals surface area (Å²) >= 11 is 0. The zero-order valence-electron chi connectivity index (χ0n) is 38.1. The molecule has 0 bridgehead atoms. The molecule has 0 rings (SSSR count). The average molecular weight is 831 g/mol. The van der Waals surface area contributed by atoms with Crippen LogP contribution in [-0.4, -0.2) is 85.3 Å². The van der Waals surface area contributed by atoms with Crippen LogP contribution in [0.1, 0.15) is 207 Å². The molecule has 12 heteroatoms. The second kappa shape index (κ2) is 36.4. The van der Waals surface area contributed by atoms with Crippen molar-refractivity contribution in [2.75, 3.05) is 27.4 Å². The maximum atomic E-state index is 11.3. The molecule has 12 nitrogen and oxygen atoms in total. The maximum absolute atomic E-state index is 11.3. The fraction of sp³-hybridized carbons (Fsp3) is 0.889. The lowest BCUT2D eigenvalue weighted by Gasteiger charge is -2.30. The lowest BCUT2D eigenvalue weighted by molar-refractivity contribution is -0.164. The Bertz CT molecular complexity index is 980. The molecule has 0 saturated heterocycles. The average Bonchev–Trinajstić information content (AvgIpc) is 2.90. The van der Waals surface area contributed by atoms with Gasteiger partial charge >= 0.3 is 29.8 Å². The van der Waals surface area contributed by atoms with Gasteiger partial charge in [0.2, 0.25) is 0 Å². The molecule has 0 spiro atoms. The van der Waals surface area contributed by atoms with E-state index >= 15 is 0 Å². The number of carbonyl (C=O) groups is 5. The molecule has 0 saturated carbocycles. The number of hydrogen-bond acceptors (Lipinski definition) is 12. The van der Waals surface area contributed by atoms with Gasteiger partial charge in [-0.3, -0.25) is 24.0 Å². The molecule has 0 N–H and O–H groups in total. The Labute approximate surface area is 353 Å². The van der Waals surface area contributed by atoms with Crippen molar-refractivity contribution >= 4 is 29.8 Å². The van der Waals surface area contributed by atoms with Crippen molar-refractivity contribution in [1.82, 2.24) is 0 Å². The fourth-order valence-corrected chi connectivity index (χ4v) is 3.12. The Hall–Kier alpha value is -2.73. The highest BCUT2D eigenvalue weighted by atomic mass is 16.6. The number of hydrogen-bond donors (Lipinski definition) is 0. The molecule has 0 fully saturated rings. The SMILES string of the molecule is C.C.C.C.CC(C)(C)OC(=O)C(C)(C)C.CC(C)(C)OC(C)(C)C.CCCC(=O)OC.CCCOC(=O)CCC(=O)OC(C)(C)C.COCCC(=O)OC(C)(C)C. The highest BCUT2D eigenvalue weighted by Crippen LogP contribution is 2.20. The van der Waals surface area contributed by atoms with Gasteiger partial charge in [0.25, 0.3) is 0 Å². The molecule has 0 amide bonds. The predicted octanol–water partition coefficient (Wildman–Crippen LogP) is 11.9. The first kappa shape index (κ1) is 75.1. The molecular weight excluding hydrogens is 732 g/mol. The van der Waals surface area contributed by atoms with Crippen molar-refractivity contribution in [3.63, 3.8) is 0 Å². The third-order valence-electron chi connectivity index (χ3n) is 4.66. The second-order valence-corrected chi connectivity index (χ2v) is 18.0. The molecule has 57 heavy (non-hydrogen) atoms. The Kier molecular flexibility index (Phi) is 47.9. The highest BCUT2D eigenvalue weighted by Gasteiger charge is 2.27. The van der Waals surface area contributed by atoms with Crippen LogP contribution in [0, 0.1) is 5.41 Å². The summed E-state index contributed by atoms with van der Waals surface area (Å²) in [5, 5.41) is 0. The Balaban J connectivity index is -0.0000000723. The quantitative estimate of drug-likeness (QED) is 0.152. The van der Waals surface area contributed by atoms with Gasteiger partial charge in [-0.25, -0.2) is 0 Å². The van der Waals surface area contributed by atoms with Crippen LogP contribution in [-0.2, 0) is 57.1 Å².